The van der Waals surface area contributed by atoms with Crippen LogP contribution < -0.4 is 5.32 Å². The van der Waals surface area contributed by atoms with Crippen LogP contribution in [0.1, 0.15) is 40.0 Å². The van der Waals surface area contributed by atoms with Gasteiger partial charge in [-0.05, 0) is 64.7 Å². The summed E-state index contributed by atoms with van der Waals surface area (Å²) in [6.45, 7) is 6.95. The third-order valence-electron chi connectivity index (χ3n) is 3.96. The average molecular weight is 314 g/mol. The molecule has 1 saturated carbocycles. The van der Waals surface area contributed by atoms with Gasteiger partial charge in [0.15, 0.2) is 0 Å². The summed E-state index contributed by atoms with van der Waals surface area (Å²) in [6.07, 6.45) is 3.59. The first-order valence-electron chi connectivity index (χ1n) is 6.59. The zero-order chi connectivity index (χ0) is 13.3. The normalized spacial score (nSPS) is 26.9. The largest absolute Gasteiger partial charge is 0.381 e. The maximum absolute atomic E-state index is 13.3. The molecule has 1 aliphatic rings. The molecule has 3 heteroatoms. The van der Waals surface area contributed by atoms with E-state index in [9.17, 15) is 4.39 Å². The van der Waals surface area contributed by atoms with Gasteiger partial charge in [-0.1, -0.05) is 20.8 Å². The van der Waals surface area contributed by atoms with Crippen LogP contribution in [0.15, 0.2) is 22.7 Å². The van der Waals surface area contributed by atoms with Crippen molar-refractivity contribution in [3.8, 4) is 0 Å². The molecular formula is C15H21BrFN. The van der Waals surface area contributed by atoms with E-state index in [1.165, 1.54) is 18.9 Å². The molecule has 0 aliphatic heterocycles. The second kappa shape index (κ2) is 5.20. The summed E-state index contributed by atoms with van der Waals surface area (Å²) in [7, 11) is 0. The van der Waals surface area contributed by atoms with Crippen molar-refractivity contribution in [1.29, 1.82) is 0 Å². The van der Waals surface area contributed by atoms with Gasteiger partial charge in [-0.15, -0.1) is 0 Å². The van der Waals surface area contributed by atoms with E-state index in [1.807, 2.05) is 0 Å². The molecule has 0 aromatic heterocycles. The average Bonchev–Trinajstić information content (AvgIpc) is 2.26. The van der Waals surface area contributed by atoms with Crippen LogP contribution >= 0.6 is 15.9 Å². The molecule has 2 rings (SSSR count). The lowest BCUT2D eigenvalue weighted by Gasteiger charge is -2.40. The maximum atomic E-state index is 13.3. The van der Waals surface area contributed by atoms with Gasteiger partial charge in [-0.25, -0.2) is 4.39 Å². The van der Waals surface area contributed by atoms with E-state index in [1.54, 1.807) is 12.1 Å². The number of nitrogens with one attached hydrogen (secondary N) is 1. The number of hydrogen-bond donors (Lipinski definition) is 1. The fraction of sp³-hybridized carbons (Fsp3) is 0.600. The Morgan fingerprint density at radius 2 is 2.11 bits per heavy atom. The number of rotatable bonds is 2. The molecule has 1 aromatic rings. The highest BCUT2D eigenvalue weighted by Crippen LogP contribution is 2.40. The molecule has 0 spiro atoms. The summed E-state index contributed by atoms with van der Waals surface area (Å²) in [5.74, 6) is 0.424. The molecule has 0 heterocycles. The number of anilines is 1. The van der Waals surface area contributed by atoms with Crippen molar-refractivity contribution in [1.82, 2.24) is 0 Å². The topological polar surface area (TPSA) is 12.0 Å². The summed E-state index contributed by atoms with van der Waals surface area (Å²) in [5, 5.41) is 3.49. The Morgan fingerprint density at radius 3 is 2.78 bits per heavy atom. The summed E-state index contributed by atoms with van der Waals surface area (Å²) in [5.41, 5.74) is 1.31. The molecule has 0 amide bonds. The van der Waals surface area contributed by atoms with Crippen molar-refractivity contribution < 1.29 is 4.39 Å². The van der Waals surface area contributed by atoms with Gasteiger partial charge in [0.1, 0.15) is 5.82 Å². The van der Waals surface area contributed by atoms with Crippen molar-refractivity contribution in [2.24, 2.45) is 11.3 Å². The quantitative estimate of drug-likeness (QED) is 0.789. The highest BCUT2D eigenvalue weighted by Gasteiger charge is 2.32. The van der Waals surface area contributed by atoms with Gasteiger partial charge < -0.3 is 5.32 Å². The molecule has 2 atom stereocenters. The van der Waals surface area contributed by atoms with E-state index in [2.05, 4.69) is 42.0 Å². The number of hydrogen-bond acceptors (Lipinski definition) is 1. The van der Waals surface area contributed by atoms with Crippen LogP contribution in [0.3, 0.4) is 0 Å². The summed E-state index contributed by atoms with van der Waals surface area (Å²) >= 11 is 3.47. The van der Waals surface area contributed by atoms with E-state index in [0.717, 1.165) is 16.6 Å². The first-order chi connectivity index (χ1) is 8.37. The maximum Gasteiger partial charge on any atom is 0.125 e. The van der Waals surface area contributed by atoms with Crippen LogP contribution in [0.25, 0.3) is 0 Å². The molecule has 1 nitrogen and oxygen atoms in total. The van der Waals surface area contributed by atoms with Crippen LogP contribution in [0.4, 0.5) is 10.1 Å². The van der Waals surface area contributed by atoms with Gasteiger partial charge >= 0.3 is 0 Å². The monoisotopic (exact) mass is 313 g/mol. The SMILES string of the molecule is CC1CC(C)(C)CCC1Nc1cc(F)ccc1Br. The van der Waals surface area contributed by atoms with Gasteiger partial charge in [0.05, 0.1) is 5.69 Å². The molecule has 18 heavy (non-hydrogen) atoms. The molecule has 100 valence electrons. The molecule has 1 fully saturated rings. The molecule has 1 N–H and O–H groups in total. The minimum Gasteiger partial charge on any atom is -0.381 e. The lowest BCUT2D eigenvalue weighted by atomic mass is 9.70. The van der Waals surface area contributed by atoms with Crippen LogP contribution in [-0.2, 0) is 0 Å². The molecule has 0 radical (unpaired) electrons. The fourth-order valence-electron chi connectivity index (χ4n) is 2.97. The Balaban J connectivity index is 2.08. The van der Waals surface area contributed by atoms with Gasteiger partial charge in [0, 0.05) is 10.5 Å². The van der Waals surface area contributed by atoms with Crippen LogP contribution in [0, 0.1) is 17.2 Å². The predicted octanol–water partition coefficient (Wildman–Crippen LogP) is 5.21. The Morgan fingerprint density at radius 1 is 1.39 bits per heavy atom. The Hall–Kier alpha value is -0.570. The first-order valence-corrected chi connectivity index (χ1v) is 7.38. The molecule has 1 aliphatic carbocycles. The standard InChI is InChI=1S/C15H21BrFN/c1-10-9-15(2,3)7-6-13(10)18-14-8-11(17)4-5-12(14)16/h4-5,8,10,13,18H,6-7,9H2,1-3H3. The molecule has 1 aromatic carbocycles. The third kappa shape index (κ3) is 3.25. The Labute approximate surface area is 117 Å². The molecular weight excluding hydrogens is 293 g/mol. The van der Waals surface area contributed by atoms with E-state index in [-0.39, 0.29) is 5.82 Å². The second-order valence-electron chi connectivity index (χ2n) is 6.26. The summed E-state index contributed by atoms with van der Waals surface area (Å²) in [6, 6.07) is 5.24. The molecule has 2 unspecified atom stereocenters. The smallest absolute Gasteiger partial charge is 0.125 e. The van der Waals surface area contributed by atoms with E-state index < -0.39 is 0 Å². The lowest BCUT2D eigenvalue weighted by Crippen LogP contribution is -2.36. The fourth-order valence-corrected chi connectivity index (χ4v) is 3.33. The first kappa shape index (κ1) is 13.9. The van der Waals surface area contributed by atoms with Gasteiger partial charge in [0.25, 0.3) is 0 Å². The van der Waals surface area contributed by atoms with Crippen molar-refractivity contribution in [3.63, 3.8) is 0 Å². The van der Waals surface area contributed by atoms with Gasteiger partial charge in [0.2, 0.25) is 0 Å². The molecule has 0 bridgehead atoms. The van der Waals surface area contributed by atoms with Crippen molar-refractivity contribution in [2.75, 3.05) is 5.32 Å². The Kier molecular flexibility index (Phi) is 4.00. The van der Waals surface area contributed by atoms with Crippen LogP contribution in [0.5, 0.6) is 0 Å². The highest BCUT2D eigenvalue weighted by atomic mass is 79.9. The van der Waals surface area contributed by atoms with E-state index in [0.29, 0.717) is 17.4 Å². The number of benzene rings is 1. The zero-order valence-corrected chi connectivity index (χ0v) is 12.8. The lowest BCUT2D eigenvalue weighted by molar-refractivity contribution is 0.177. The summed E-state index contributed by atoms with van der Waals surface area (Å²) in [4.78, 5) is 0. The summed E-state index contributed by atoms with van der Waals surface area (Å²) < 4.78 is 14.2. The zero-order valence-electron chi connectivity index (χ0n) is 11.3. The third-order valence-corrected chi connectivity index (χ3v) is 4.65. The van der Waals surface area contributed by atoms with E-state index in [4.69, 9.17) is 0 Å². The number of halogens is 2. The van der Waals surface area contributed by atoms with Crippen molar-refractivity contribution in [2.45, 2.75) is 46.1 Å². The minimum atomic E-state index is -0.190. The highest BCUT2D eigenvalue weighted by molar-refractivity contribution is 9.10. The van der Waals surface area contributed by atoms with Crippen molar-refractivity contribution >= 4 is 21.6 Å². The van der Waals surface area contributed by atoms with Gasteiger partial charge in [-0.3, -0.25) is 0 Å². The minimum absolute atomic E-state index is 0.190. The van der Waals surface area contributed by atoms with Crippen LogP contribution in [-0.4, -0.2) is 6.04 Å². The van der Waals surface area contributed by atoms with E-state index >= 15 is 0 Å². The Bertz CT molecular complexity index is 431. The van der Waals surface area contributed by atoms with Crippen molar-refractivity contribution in [3.05, 3.63) is 28.5 Å². The molecule has 0 saturated heterocycles. The predicted molar refractivity (Wildman–Crippen MR) is 78.3 cm³/mol. The van der Waals surface area contributed by atoms with Gasteiger partial charge in [-0.2, -0.15) is 0 Å². The second-order valence-corrected chi connectivity index (χ2v) is 7.11. The van der Waals surface area contributed by atoms with Crippen LogP contribution in [0.2, 0.25) is 0 Å².